The lowest BCUT2D eigenvalue weighted by atomic mass is 9.84. The Hall–Kier alpha value is -6.04. The van der Waals surface area contributed by atoms with Crippen LogP contribution in [-0.4, -0.2) is 56.2 Å². The molecule has 12 heteroatoms. The van der Waals surface area contributed by atoms with Crippen LogP contribution in [0.15, 0.2) is 84.7 Å². The molecule has 12 nitrogen and oxygen atoms in total. The highest BCUT2D eigenvalue weighted by Gasteiger charge is 2.24. The van der Waals surface area contributed by atoms with Crippen molar-refractivity contribution in [2.24, 2.45) is 5.92 Å². The molecule has 0 amide bonds. The quantitative estimate of drug-likeness (QED) is 0.199. The van der Waals surface area contributed by atoms with E-state index in [0.29, 0.717) is 0 Å². The Balaban J connectivity index is 1.42. The van der Waals surface area contributed by atoms with E-state index in [9.17, 15) is 39.0 Å². The predicted octanol–water partition coefficient (Wildman–Crippen LogP) is 4.73. The topological polar surface area (TPSA) is 202 Å². The zero-order chi connectivity index (χ0) is 31.4. The van der Waals surface area contributed by atoms with Crippen LogP contribution in [0.4, 0.5) is 0 Å². The molecule has 4 N–H and O–H groups in total. The van der Waals surface area contributed by atoms with Crippen molar-refractivity contribution in [2.75, 3.05) is 0 Å². The molecule has 3 aromatic rings. The number of benzene rings is 3. The van der Waals surface area contributed by atoms with Gasteiger partial charge in [-0.05, 0) is 72.2 Å². The van der Waals surface area contributed by atoms with Crippen LogP contribution in [0.1, 0.15) is 80.6 Å². The van der Waals surface area contributed by atoms with E-state index in [4.69, 9.17) is 19.7 Å². The van der Waals surface area contributed by atoms with Gasteiger partial charge >= 0.3 is 35.8 Å². The third kappa shape index (κ3) is 6.65. The molecule has 2 unspecified atom stereocenters. The number of hydrogen-bond donors (Lipinski definition) is 4. The van der Waals surface area contributed by atoms with Gasteiger partial charge in [0.05, 0.1) is 33.4 Å². The van der Waals surface area contributed by atoms with Gasteiger partial charge in [-0.15, -0.1) is 0 Å². The van der Waals surface area contributed by atoms with E-state index >= 15 is 0 Å². The minimum atomic E-state index is -1.50. The van der Waals surface area contributed by atoms with Crippen molar-refractivity contribution in [1.29, 1.82) is 0 Å². The average Bonchev–Trinajstić information content (AvgIpc) is 2.96. The Morgan fingerprint density at radius 1 is 0.605 bits per heavy atom. The maximum absolute atomic E-state index is 12.6. The van der Waals surface area contributed by atoms with Crippen LogP contribution >= 0.6 is 0 Å². The summed E-state index contributed by atoms with van der Waals surface area (Å²) in [7, 11) is 0. The van der Waals surface area contributed by atoms with E-state index in [-0.39, 0.29) is 34.5 Å². The molecule has 1 aliphatic rings. The first-order chi connectivity index (χ1) is 20.3. The van der Waals surface area contributed by atoms with Crippen molar-refractivity contribution in [3.05, 3.63) is 124 Å². The van der Waals surface area contributed by atoms with Gasteiger partial charge in [-0.1, -0.05) is 25.1 Å². The van der Waals surface area contributed by atoms with Crippen LogP contribution in [0.2, 0.25) is 0 Å². The van der Waals surface area contributed by atoms with Crippen molar-refractivity contribution in [1.82, 2.24) is 0 Å². The van der Waals surface area contributed by atoms with Gasteiger partial charge in [-0.2, -0.15) is 0 Å². The van der Waals surface area contributed by atoms with Gasteiger partial charge in [0.15, 0.2) is 0 Å². The lowest BCUT2D eigenvalue weighted by Gasteiger charge is -2.23. The number of esters is 2. The second kappa shape index (κ2) is 12.2. The molecular formula is C31H22O12. The third-order valence-electron chi connectivity index (χ3n) is 6.58. The highest BCUT2D eigenvalue weighted by Crippen LogP contribution is 2.33. The van der Waals surface area contributed by atoms with E-state index < -0.39 is 58.1 Å². The van der Waals surface area contributed by atoms with Gasteiger partial charge < -0.3 is 29.9 Å². The summed E-state index contributed by atoms with van der Waals surface area (Å²) in [6, 6.07) is 12.8. The summed E-state index contributed by atoms with van der Waals surface area (Å²) >= 11 is 0. The molecule has 0 aromatic heterocycles. The van der Waals surface area contributed by atoms with Gasteiger partial charge in [-0.25, -0.2) is 28.8 Å². The molecule has 4 rings (SSSR count). The molecule has 2 atom stereocenters. The number of allylic oxidation sites excluding steroid dienone is 3. The molecule has 218 valence electrons. The summed E-state index contributed by atoms with van der Waals surface area (Å²) in [6.07, 6.45) is 5.06. The zero-order valence-corrected chi connectivity index (χ0v) is 22.2. The van der Waals surface area contributed by atoms with E-state index in [2.05, 4.69) is 0 Å². The lowest BCUT2D eigenvalue weighted by molar-refractivity contribution is 0.0626. The van der Waals surface area contributed by atoms with Crippen molar-refractivity contribution >= 4 is 35.8 Å². The summed E-state index contributed by atoms with van der Waals surface area (Å²) in [5.41, 5.74) is -1.45. The molecule has 0 bridgehead atoms. The fourth-order valence-electron chi connectivity index (χ4n) is 4.43. The summed E-state index contributed by atoms with van der Waals surface area (Å²) in [6.45, 7) is 1.88. The number of rotatable bonds is 9. The summed E-state index contributed by atoms with van der Waals surface area (Å²) in [5, 5.41) is 36.8. The second-order valence-corrected chi connectivity index (χ2v) is 9.40. The van der Waals surface area contributed by atoms with Crippen LogP contribution in [0.3, 0.4) is 0 Å². The van der Waals surface area contributed by atoms with Crippen LogP contribution in [0, 0.1) is 5.92 Å². The third-order valence-corrected chi connectivity index (χ3v) is 6.58. The molecule has 0 spiro atoms. The molecule has 0 aliphatic heterocycles. The highest BCUT2D eigenvalue weighted by molar-refractivity contribution is 6.05. The molecular weight excluding hydrogens is 564 g/mol. The summed E-state index contributed by atoms with van der Waals surface area (Å²) in [4.78, 5) is 70.4. The Morgan fingerprint density at radius 3 is 1.51 bits per heavy atom. The van der Waals surface area contributed by atoms with E-state index in [1.165, 1.54) is 18.2 Å². The molecule has 3 aromatic carbocycles. The second-order valence-electron chi connectivity index (χ2n) is 9.40. The van der Waals surface area contributed by atoms with E-state index in [1.807, 2.05) is 6.92 Å². The molecule has 1 aliphatic carbocycles. The van der Waals surface area contributed by atoms with E-state index in [0.717, 1.165) is 35.9 Å². The van der Waals surface area contributed by atoms with Gasteiger partial charge in [-0.3, -0.25) is 0 Å². The highest BCUT2D eigenvalue weighted by atomic mass is 16.5. The molecule has 0 fully saturated rings. The van der Waals surface area contributed by atoms with Crippen molar-refractivity contribution in [3.63, 3.8) is 0 Å². The number of carboxylic acid groups (broad SMARTS) is 4. The van der Waals surface area contributed by atoms with Gasteiger partial charge in [0, 0.05) is 5.92 Å². The largest absolute Gasteiger partial charge is 0.478 e. The maximum atomic E-state index is 12.6. The van der Waals surface area contributed by atoms with Crippen LogP contribution in [0.25, 0.3) is 0 Å². The van der Waals surface area contributed by atoms with Crippen molar-refractivity contribution in [3.8, 4) is 5.75 Å². The Labute approximate surface area is 242 Å². The minimum absolute atomic E-state index is 0.131. The smallest absolute Gasteiger partial charge is 0.343 e. The standard InChI is InChI=1S/C31H22O12/c1-15-12-20(43-31(41)18-5-10-23(27(34)35)25(14-18)29(38)39)8-11-21(15)16-2-6-19(7-3-16)42-30(40)17-4-9-22(26(32)33)24(13-17)28(36)37/h2-15,21H,1H3,(H,32,33)(H,34,35)(H,36,37)(H,38,39). The molecule has 43 heavy (non-hydrogen) atoms. The number of aromatic carboxylic acids is 4. The molecule has 0 saturated carbocycles. The first-order valence-electron chi connectivity index (χ1n) is 12.5. The minimum Gasteiger partial charge on any atom is -0.478 e. The van der Waals surface area contributed by atoms with Gasteiger partial charge in [0.1, 0.15) is 11.5 Å². The number of carboxylic acids is 4. The van der Waals surface area contributed by atoms with Gasteiger partial charge in [0.25, 0.3) is 0 Å². The number of carbonyl (C=O) groups excluding carboxylic acids is 2. The fourth-order valence-corrected chi connectivity index (χ4v) is 4.43. The summed E-state index contributed by atoms with van der Waals surface area (Å²) in [5.74, 6) is -7.55. The Bertz CT molecular complexity index is 1730. The SMILES string of the molecule is CC1C=C(OC(=O)c2ccc(C(=O)O)c(C(=O)O)c2)C=CC1c1ccc(OC(=O)c2ccc(C(=O)O)c(C(=O)O)c2)cc1. The van der Waals surface area contributed by atoms with Crippen LogP contribution < -0.4 is 4.74 Å². The van der Waals surface area contributed by atoms with E-state index in [1.54, 1.807) is 30.4 Å². The zero-order valence-electron chi connectivity index (χ0n) is 22.2. The first kappa shape index (κ1) is 29.9. The normalized spacial score (nSPS) is 15.6. The van der Waals surface area contributed by atoms with Gasteiger partial charge in [0.2, 0.25) is 0 Å². The average molecular weight is 587 g/mol. The molecule has 0 radical (unpaired) electrons. The van der Waals surface area contributed by atoms with Crippen LogP contribution in [-0.2, 0) is 4.74 Å². The number of carbonyl (C=O) groups is 6. The van der Waals surface area contributed by atoms with Crippen LogP contribution in [0.5, 0.6) is 5.75 Å². The predicted molar refractivity (Wildman–Crippen MR) is 147 cm³/mol. The summed E-state index contributed by atoms with van der Waals surface area (Å²) < 4.78 is 10.7. The number of hydrogen-bond acceptors (Lipinski definition) is 8. The Morgan fingerprint density at radius 2 is 1.07 bits per heavy atom. The first-order valence-corrected chi connectivity index (χ1v) is 12.5. The molecule has 0 heterocycles. The Kier molecular flexibility index (Phi) is 8.51. The fraction of sp³-hybridized carbons (Fsp3) is 0.0968. The molecule has 0 saturated heterocycles. The lowest BCUT2D eigenvalue weighted by Crippen LogP contribution is -2.14. The monoisotopic (exact) mass is 586 g/mol. The maximum Gasteiger partial charge on any atom is 0.343 e. The number of ether oxygens (including phenoxy) is 2. The van der Waals surface area contributed by atoms with Crippen molar-refractivity contribution < 1.29 is 58.7 Å². The van der Waals surface area contributed by atoms with Crippen molar-refractivity contribution in [2.45, 2.75) is 12.8 Å².